The second-order valence-electron chi connectivity index (χ2n) is 9.77. The van der Waals surface area contributed by atoms with Crippen LogP contribution in [-0.2, 0) is 17.9 Å². The van der Waals surface area contributed by atoms with Crippen LogP contribution in [0, 0.1) is 6.92 Å². The first-order valence-corrected chi connectivity index (χ1v) is 14.8. The Kier molecular flexibility index (Phi) is 9.49. The van der Waals surface area contributed by atoms with Crippen LogP contribution in [0.15, 0.2) is 101 Å². The van der Waals surface area contributed by atoms with Crippen molar-refractivity contribution < 1.29 is 24.2 Å². The van der Waals surface area contributed by atoms with Crippen LogP contribution in [0.2, 0.25) is 5.02 Å². The van der Waals surface area contributed by atoms with Gasteiger partial charge in [-0.2, -0.15) is 0 Å². The van der Waals surface area contributed by atoms with Crippen LogP contribution in [-0.4, -0.2) is 33.7 Å². The molecule has 0 radical (unpaired) electrons. The summed E-state index contributed by atoms with van der Waals surface area (Å²) < 4.78 is 12.0. The van der Waals surface area contributed by atoms with Crippen molar-refractivity contribution in [3.05, 3.63) is 129 Å². The zero-order valence-corrected chi connectivity index (χ0v) is 25.2. The van der Waals surface area contributed by atoms with E-state index in [0.29, 0.717) is 51.1 Å². The molecular weight excluding hydrogens is 584 g/mol. The molecule has 43 heavy (non-hydrogen) atoms. The molecule has 1 aliphatic rings. The number of ether oxygens (including phenoxy) is 2. The van der Waals surface area contributed by atoms with Gasteiger partial charge < -0.3 is 14.6 Å². The SMILES string of the molecule is CCOc1cc(/C=C2\SC(=Nc3ccccc3)N(Cc3ccc(C(=O)O)cc3)C2=O)cc(Cl)c1OCc1cccc(C)c1. The molecule has 1 fully saturated rings. The van der Waals surface area contributed by atoms with Crippen molar-refractivity contribution in [3.8, 4) is 11.5 Å². The first-order chi connectivity index (χ1) is 20.8. The number of amides is 1. The van der Waals surface area contributed by atoms with Gasteiger partial charge in [0.1, 0.15) is 6.61 Å². The van der Waals surface area contributed by atoms with E-state index in [1.807, 2.05) is 68.4 Å². The second-order valence-corrected chi connectivity index (χ2v) is 11.2. The van der Waals surface area contributed by atoms with Crippen LogP contribution in [0.1, 0.15) is 39.5 Å². The van der Waals surface area contributed by atoms with Gasteiger partial charge in [-0.25, -0.2) is 9.79 Å². The minimum absolute atomic E-state index is 0.179. The highest BCUT2D eigenvalue weighted by Crippen LogP contribution is 2.40. The Morgan fingerprint density at radius 1 is 0.977 bits per heavy atom. The number of rotatable bonds is 10. The zero-order chi connectivity index (χ0) is 30.3. The third-order valence-electron chi connectivity index (χ3n) is 6.51. The summed E-state index contributed by atoms with van der Waals surface area (Å²) >= 11 is 7.95. The fraction of sp³-hybridized carbons (Fsp3) is 0.147. The van der Waals surface area contributed by atoms with E-state index in [9.17, 15) is 14.7 Å². The van der Waals surface area contributed by atoms with Crippen molar-refractivity contribution in [2.75, 3.05) is 6.61 Å². The molecule has 0 saturated carbocycles. The molecule has 0 aromatic heterocycles. The number of amidine groups is 1. The highest BCUT2D eigenvalue weighted by Gasteiger charge is 2.33. The van der Waals surface area contributed by atoms with Gasteiger partial charge >= 0.3 is 5.97 Å². The second kappa shape index (κ2) is 13.6. The third-order valence-corrected chi connectivity index (χ3v) is 7.79. The van der Waals surface area contributed by atoms with Crippen LogP contribution in [0.3, 0.4) is 0 Å². The molecule has 5 rings (SSSR count). The summed E-state index contributed by atoms with van der Waals surface area (Å²) in [6.45, 7) is 4.88. The fourth-order valence-electron chi connectivity index (χ4n) is 4.46. The Morgan fingerprint density at radius 2 is 1.74 bits per heavy atom. The summed E-state index contributed by atoms with van der Waals surface area (Å²) in [6.07, 6.45) is 1.76. The van der Waals surface area contributed by atoms with Crippen molar-refractivity contribution in [1.29, 1.82) is 0 Å². The van der Waals surface area contributed by atoms with Gasteiger partial charge in [-0.05, 0) is 84.8 Å². The van der Waals surface area contributed by atoms with Gasteiger partial charge in [0.2, 0.25) is 0 Å². The Labute approximate surface area is 259 Å². The van der Waals surface area contributed by atoms with E-state index in [-0.39, 0.29) is 18.0 Å². The summed E-state index contributed by atoms with van der Waals surface area (Å²) in [4.78, 5) is 31.8. The van der Waals surface area contributed by atoms with Gasteiger partial charge in [0.15, 0.2) is 16.7 Å². The van der Waals surface area contributed by atoms with Crippen molar-refractivity contribution in [3.63, 3.8) is 0 Å². The first-order valence-electron chi connectivity index (χ1n) is 13.6. The third kappa shape index (κ3) is 7.46. The summed E-state index contributed by atoms with van der Waals surface area (Å²) in [6, 6.07) is 27.4. The highest BCUT2D eigenvalue weighted by molar-refractivity contribution is 8.18. The lowest BCUT2D eigenvalue weighted by molar-refractivity contribution is -0.122. The maximum Gasteiger partial charge on any atom is 0.335 e. The first kappa shape index (κ1) is 29.9. The number of carboxylic acids is 1. The molecule has 1 aliphatic heterocycles. The predicted molar refractivity (Wildman–Crippen MR) is 171 cm³/mol. The number of nitrogens with zero attached hydrogens (tertiary/aromatic N) is 2. The molecule has 0 bridgehead atoms. The van der Waals surface area contributed by atoms with Gasteiger partial charge in [0, 0.05) is 0 Å². The average Bonchev–Trinajstić information content (AvgIpc) is 3.26. The van der Waals surface area contributed by atoms with Gasteiger partial charge in [-0.3, -0.25) is 9.69 Å². The van der Waals surface area contributed by atoms with Crippen LogP contribution in [0.4, 0.5) is 5.69 Å². The minimum atomic E-state index is -1.01. The molecule has 9 heteroatoms. The molecule has 0 unspecified atom stereocenters. The number of aromatic carboxylic acids is 1. The van der Waals surface area contributed by atoms with Crippen molar-refractivity contribution in [2.45, 2.75) is 27.0 Å². The summed E-state index contributed by atoms with van der Waals surface area (Å²) in [5, 5.41) is 10.1. The van der Waals surface area contributed by atoms with Crippen molar-refractivity contribution >= 4 is 52.2 Å². The van der Waals surface area contributed by atoms with Gasteiger partial charge in [0.05, 0.1) is 34.3 Å². The van der Waals surface area contributed by atoms with Gasteiger partial charge in [-0.1, -0.05) is 71.8 Å². The topological polar surface area (TPSA) is 88.4 Å². The molecule has 0 aliphatic carbocycles. The normalized spacial score (nSPS) is 14.9. The molecule has 1 amide bonds. The van der Waals surface area contributed by atoms with E-state index >= 15 is 0 Å². The smallest absolute Gasteiger partial charge is 0.335 e. The van der Waals surface area contributed by atoms with Gasteiger partial charge in [-0.15, -0.1) is 0 Å². The maximum absolute atomic E-state index is 13.7. The Hall–Kier alpha value is -4.53. The number of halogens is 1. The number of carboxylic acid groups (broad SMARTS) is 1. The molecule has 1 N–H and O–H groups in total. The Morgan fingerprint density at radius 3 is 2.44 bits per heavy atom. The number of thioether (sulfide) groups is 1. The van der Waals surface area contributed by atoms with E-state index in [1.165, 1.54) is 23.9 Å². The number of carbonyl (C=O) groups is 2. The number of hydrogen-bond donors (Lipinski definition) is 1. The van der Waals surface area contributed by atoms with Crippen molar-refractivity contribution in [1.82, 2.24) is 4.90 Å². The lowest BCUT2D eigenvalue weighted by Gasteiger charge is -2.16. The Balaban J connectivity index is 1.45. The van der Waals surface area contributed by atoms with E-state index in [2.05, 4.69) is 6.07 Å². The van der Waals surface area contributed by atoms with E-state index < -0.39 is 5.97 Å². The number of benzene rings is 4. The molecule has 4 aromatic carbocycles. The zero-order valence-electron chi connectivity index (χ0n) is 23.6. The number of hydrogen-bond acceptors (Lipinski definition) is 6. The molecule has 1 heterocycles. The van der Waals surface area contributed by atoms with Crippen LogP contribution in [0.5, 0.6) is 11.5 Å². The van der Waals surface area contributed by atoms with Gasteiger partial charge in [0.25, 0.3) is 5.91 Å². The lowest BCUT2D eigenvalue weighted by Crippen LogP contribution is -2.28. The van der Waals surface area contributed by atoms with E-state index in [0.717, 1.165) is 16.7 Å². The quantitative estimate of drug-likeness (QED) is 0.182. The van der Waals surface area contributed by atoms with Crippen LogP contribution < -0.4 is 9.47 Å². The standard InChI is InChI=1S/C34H29ClN2O5S/c1-3-41-29-18-25(17-28(35)31(29)42-21-24-9-7-8-22(2)16-24)19-30-32(38)37(20-23-12-14-26(15-13-23)33(39)40)34(43-30)36-27-10-5-4-6-11-27/h4-19H,3,20-21H2,1-2H3,(H,39,40)/b30-19-,36-34?. The summed E-state index contributed by atoms with van der Waals surface area (Å²) in [5.74, 6) is -0.308. The number of carbonyl (C=O) groups excluding carboxylic acids is 1. The highest BCUT2D eigenvalue weighted by atomic mass is 35.5. The number of aryl methyl sites for hydroxylation is 1. The molecular formula is C34H29ClN2O5S. The summed E-state index contributed by atoms with van der Waals surface area (Å²) in [5.41, 5.74) is 4.50. The molecule has 0 atom stereocenters. The average molecular weight is 613 g/mol. The predicted octanol–water partition coefficient (Wildman–Crippen LogP) is 8.13. The molecule has 218 valence electrons. The number of para-hydroxylation sites is 1. The minimum Gasteiger partial charge on any atom is -0.490 e. The fourth-order valence-corrected chi connectivity index (χ4v) is 5.73. The van der Waals surface area contributed by atoms with E-state index in [4.69, 9.17) is 26.1 Å². The lowest BCUT2D eigenvalue weighted by atomic mass is 10.1. The van der Waals surface area contributed by atoms with Crippen molar-refractivity contribution in [2.24, 2.45) is 4.99 Å². The molecule has 7 nitrogen and oxygen atoms in total. The molecule has 0 spiro atoms. The number of aliphatic imine (C=N–C) groups is 1. The summed E-state index contributed by atoms with van der Waals surface area (Å²) in [7, 11) is 0. The largest absolute Gasteiger partial charge is 0.490 e. The molecule has 1 saturated heterocycles. The van der Waals surface area contributed by atoms with Crippen LogP contribution in [0.25, 0.3) is 6.08 Å². The van der Waals surface area contributed by atoms with Crippen LogP contribution >= 0.6 is 23.4 Å². The van der Waals surface area contributed by atoms with E-state index in [1.54, 1.807) is 29.2 Å². The Bertz CT molecular complexity index is 1700. The molecule has 4 aromatic rings. The maximum atomic E-state index is 13.7. The monoisotopic (exact) mass is 612 g/mol.